The van der Waals surface area contributed by atoms with Gasteiger partial charge in [-0.2, -0.15) is 15.0 Å². The average molecular weight is 288 g/mol. The van der Waals surface area contributed by atoms with Crippen LogP contribution in [0.4, 0.5) is 17.6 Å². The number of nitrogen functional groups attached to an aromatic ring is 1. The first-order chi connectivity index (χ1) is 9.70. The van der Waals surface area contributed by atoms with Crippen LogP contribution in [0.15, 0.2) is 43.0 Å². The van der Waals surface area contributed by atoms with E-state index in [1.54, 1.807) is 35.4 Å². The Hall–Kier alpha value is -2.67. The van der Waals surface area contributed by atoms with Gasteiger partial charge in [-0.3, -0.25) is 4.57 Å². The van der Waals surface area contributed by atoms with Gasteiger partial charge < -0.3 is 11.1 Å². The van der Waals surface area contributed by atoms with Crippen LogP contribution in [0.25, 0.3) is 5.95 Å². The monoisotopic (exact) mass is 287 g/mol. The van der Waals surface area contributed by atoms with Gasteiger partial charge in [0.1, 0.15) is 6.33 Å². The number of aromatic nitrogens is 5. The van der Waals surface area contributed by atoms with Crippen LogP contribution < -0.4 is 11.1 Å². The Morgan fingerprint density at radius 3 is 2.60 bits per heavy atom. The number of anilines is 3. The fourth-order valence-electron chi connectivity index (χ4n) is 1.59. The molecule has 100 valence electrons. The summed E-state index contributed by atoms with van der Waals surface area (Å²) in [6.07, 6.45) is 4.94. The average Bonchev–Trinajstić information content (AvgIpc) is 2.95. The van der Waals surface area contributed by atoms with Crippen LogP contribution >= 0.6 is 11.6 Å². The van der Waals surface area contributed by atoms with Crippen molar-refractivity contribution in [2.75, 3.05) is 11.1 Å². The zero-order valence-electron chi connectivity index (χ0n) is 10.2. The van der Waals surface area contributed by atoms with Crippen molar-refractivity contribution in [3.8, 4) is 5.95 Å². The van der Waals surface area contributed by atoms with Crippen molar-refractivity contribution < 1.29 is 0 Å². The number of nitrogens with one attached hydrogen (secondary N) is 1. The van der Waals surface area contributed by atoms with E-state index < -0.39 is 0 Å². The number of rotatable bonds is 3. The van der Waals surface area contributed by atoms with E-state index in [1.807, 2.05) is 12.1 Å². The molecule has 0 amide bonds. The van der Waals surface area contributed by atoms with Crippen LogP contribution in [0.5, 0.6) is 0 Å². The van der Waals surface area contributed by atoms with Crippen molar-refractivity contribution in [3.05, 3.63) is 48.0 Å². The van der Waals surface area contributed by atoms with Gasteiger partial charge in [0, 0.05) is 23.1 Å². The van der Waals surface area contributed by atoms with Crippen molar-refractivity contribution in [2.45, 2.75) is 0 Å². The molecule has 1 aromatic carbocycles. The van der Waals surface area contributed by atoms with E-state index in [2.05, 4.69) is 25.3 Å². The Kier molecular flexibility index (Phi) is 3.18. The number of benzene rings is 1. The molecular formula is C12H10ClN7. The maximum Gasteiger partial charge on any atom is 0.241 e. The molecule has 0 aliphatic heterocycles. The molecule has 0 unspecified atom stereocenters. The second-order valence-electron chi connectivity index (χ2n) is 3.92. The highest BCUT2D eigenvalue weighted by Gasteiger charge is 2.06. The molecule has 0 saturated carbocycles. The van der Waals surface area contributed by atoms with Gasteiger partial charge >= 0.3 is 0 Å². The summed E-state index contributed by atoms with van der Waals surface area (Å²) in [7, 11) is 0. The molecule has 2 aromatic heterocycles. The molecule has 0 fully saturated rings. The lowest BCUT2D eigenvalue weighted by Gasteiger charge is -2.07. The lowest BCUT2D eigenvalue weighted by atomic mass is 10.3. The predicted molar refractivity (Wildman–Crippen MR) is 76.1 cm³/mol. The summed E-state index contributed by atoms with van der Waals surface area (Å²) in [5.41, 5.74) is 6.49. The molecule has 0 aliphatic carbocycles. The van der Waals surface area contributed by atoms with E-state index in [-0.39, 0.29) is 5.95 Å². The van der Waals surface area contributed by atoms with Gasteiger partial charge in [0.05, 0.1) is 0 Å². The van der Waals surface area contributed by atoms with E-state index in [1.165, 1.54) is 0 Å². The minimum absolute atomic E-state index is 0.125. The van der Waals surface area contributed by atoms with Crippen LogP contribution in [0, 0.1) is 0 Å². The highest BCUT2D eigenvalue weighted by molar-refractivity contribution is 6.30. The van der Waals surface area contributed by atoms with Crippen molar-refractivity contribution >= 4 is 29.2 Å². The molecular weight excluding hydrogens is 278 g/mol. The summed E-state index contributed by atoms with van der Waals surface area (Å²) in [6.45, 7) is 0. The Bertz CT molecular complexity index is 709. The molecule has 0 atom stereocenters. The highest BCUT2D eigenvalue weighted by atomic mass is 35.5. The fraction of sp³-hybridized carbons (Fsp3) is 0. The van der Waals surface area contributed by atoms with Gasteiger partial charge in [-0.1, -0.05) is 11.6 Å². The number of nitrogens with two attached hydrogens (primary N) is 1. The van der Waals surface area contributed by atoms with E-state index in [9.17, 15) is 0 Å². The predicted octanol–water partition coefficient (Wildman–Crippen LogP) is 2.04. The molecule has 3 N–H and O–H groups in total. The zero-order valence-corrected chi connectivity index (χ0v) is 11.0. The van der Waals surface area contributed by atoms with Gasteiger partial charge in [0.2, 0.25) is 17.8 Å². The van der Waals surface area contributed by atoms with Gasteiger partial charge in [0.15, 0.2) is 0 Å². The van der Waals surface area contributed by atoms with Crippen LogP contribution in [0.3, 0.4) is 0 Å². The summed E-state index contributed by atoms with van der Waals surface area (Å²) in [4.78, 5) is 16.3. The molecule has 0 aliphatic rings. The van der Waals surface area contributed by atoms with Crippen molar-refractivity contribution in [1.29, 1.82) is 0 Å². The van der Waals surface area contributed by atoms with Crippen molar-refractivity contribution in [3.63, 3.8) is 0 Å². The topological polar surface area (TPSA) is 94.5 Å². The lowest BCUT2D eigenvalue weighted by molar-refractivity contribution is 0.906. The molecule has 2 heterocycles. The van der Waals surface area contributed by atoms with Crippen LogP contribution in [-0.4, -0.2) is 24.5 Å². The number of halogens is 1. The second kappa shape index (κ2) is 5.14. The van der Waals surface area contributed by atoms with E-state index >= 15 is 0 Å². The molecule has 0 spiro atoms. The summed E-state index contributed by atoms with van der Waals surface area (Å²) >= 11 is 5.83. The third-order valence-electron chi connectivity index (χ3n) is 2.48. The smallest absolute Gasteiger partial charge is 0.241 e. The maximum atomic E-state index is 5.83. The number of imidazole rings is 1. The summed E-state index contributed by atoms with van der Waals surface area (Å²) in [5.74, 6) is 0.871. The van der Waals surface area contributed by atoms with E-state index in [4.69, 9.17) is 17.3 Å². The SMILES string of the molecule is Nc1nc(Nc2ccc(Cl)cc2)nc(-n2ccnc2)n1. The molecule has 7 nitrogen and oxygen atoms in total. The first-order valence-electron chi connectivity index (χ1n) is 5.73. The van der Waals surface area contributed by atoms with Gasteiger partial charge in [-0.15, -0.1) is 0 Å². The Morgan fingerprint density at radius 1 is 1.10 bits per heavy atom. The molecule has 3 aromatic rings. The fourth-order valence-corrected chi connectivity index (χ4v) is 1.72. The Balaban J connectivity index is 1.92. The Labute approximate surface area is 119 Å². The molecule has 20 heavy (non-hydrogen) atoms. The van der Waals surface area contributed by atoms with Crippen LogP contribution in [-0.2, 0) is 0 Å². The van der Waals surface area contributed by atoms with Crippen molar-refractivity contribution in [1.82, 2.24) is 24.5 Å². The molecule has 3 rings (SSSR count). The standard InChI is InChI=1S/C12H10ClN7/c13-8-1-3-9(4-2-8)16-11-17-10(14)18-12(19-11)20-6-5-15-7-20/h1-7H,(H3,14,16,17,18,19). The Morgan fingerprint density at radius 2 is 1.90 bits per heavy atom. The maximum absolute atomic E-state index is 5.83. The van der Waals surface area contributed by atoms with Gasteiger partial charge in [0.25, 0.3) is 0 Å². The third-order valence-corrected chi connectivity index (χ3v) is 2.73. The molecule has 0 radical (unpaired) electrons. The number of nitrogens with zero attached hydrogens (tertiary/aromatic N) is 5. The summed E-state index contributed by atoms with van der Waals surface area (Å²) in [5, 5.41) is 3.70. The highest BCUT2D eigenvalue weighted by Crippen LogP contribution is 2.17. The largest absolute Gasteiger partial charge is 0.368 e. The van der Waals surface area contributed by atoms with E-state index in [0.29, 0.717) is 16.9 Å². The molecule has 0 bridgehead atoms. The first-order valence-corrected chi connectivity index (χ1v) is 6.11. The van der Waals surface area contributed by atoms with Gasteiger partial charge in [-0.25, -0.2) is 4.98 Å². The second-order valence-corrected chi connectivity index (χ2v) is 4.36. The van der Waals surface area contributed by atoms with Crippen molar-refractivity contribution in [2.24, 2.45) is 0 Å². The first kappa shape index (κ1) is 12.4. The molecule has 8 heteroatoms. The lowest BCUT2D eigenvalue weighted by Crippen LogP contribution is -2.08. The van der Waals surface area contributed by atoms with Gasteiger partial charge in [-0.05, 0) is 24.3 Å². The van der Waals surface area contributed by atoms with Crippen LogP contribution in [0.1, 0.15) is 0 Å². The quantitative estimate of drug-likeness (QED) is 0.765. The molecule has 0 saturated heterocycles. The summed E-state index contributed by atoms with van der Waals surface area (Å²) < 4.78 is 1.64. The number of hydrogen-bond acceptors (Lipinski definition) is 6. The van der Waals surface area contributed by atoms with E-state index in [0.717, 1.165) is 5.69 Å². The normalized spacial score (nSPS) is 10.4. The minimum atomic E-state index is 0.125. The summed E-state index contributed by atoms with van der Waals surface area (Å²) in [6, 6.07) is 7.18. The third kappa shape index (κ3) is 2.67. The number of hydrogen-bond donors (Lipinski definition) is 2. The van der Waals surface area contributed by atoms with Crippen LogP contribution in [0.2, 0.25) is 5.02 Å². The minimum Gasteiger partial charge on any atom is -0.368 e. The zero-order chi connectivity index (χ0) is 13.9.